The number of hydrogen-bond acceptors (Lipinski definition) is 4. The molecule has 9 heteroatoms. The number of carbonyl (C=O) groups excluding carboxylic acids is 2. The van der Waals surface area contributed by atoms with Gasteiger partial charge in [-0.2, -0.15) is 0 Å². The van der Waals surface area contributed by atoms with Gasteiger partial charge in [-0.1, -0.05) is 41.9 Å². The van der Waals surface area contributed by atoms with Gasteiger partial charge in [0.05, 0.1) is 17.7 Å². The number of β-lactam (4-membered cyclic amide) rings is 1. The van der Waals surface area contributed by atoms with E-state index in [-0.39, 0.29) is 18.9 Å². The quantitative estimate of drug-likeness (QED) is 0.413. The number of alkyl halides is 1. The van der Waals surface area contributed by atoms with Crippen molar-refractivity contribution < 1.29 is 19.5 Å². The lowest BCUT2D eigenvalue weighted by atomic mass is 9.94. The molecule has 2 atom stereocenters. The summed E-state index contributed by atoms with van der Waals surface area (Å²) >= 11 is 6.28. The van der Waals surface area contributed by atoms with E-state index in [1.165, 1.54) is 0 Å². The van der Waals surface area contributed by atoms with Crippen LogP contribution in [0.4, 0.5) is 0 Å². The molecule has 0 aromatic heterocycles. The van der Waals surface area contributed by atoms with Gasteiger partial charge < -0.3 is 15.3 Å². The van der Waals surface area contributed by atoms with Crippen LogP contribution in [0, 0.1) is 0 Å². The van der Waals surface area contributed by atoms with Gasteiger partial charge in [0.2, 0.25) is 16.8 Å². The largest absolute Gasteiger partial charge is 0.479 e. The van der Waals surface area contributed by atoms with E-state index >= 15 is 0 Å². The Morgan fingerprint density at radius 3 is 2.44 bits per heavy atom. The molecule has 1 heterocycles. The molecule has 1 aliphatic heterocycles. The summed E-state index contributed by atoms with van der Waals surface area (Å²) in [6.45, 7) is 3.09. The molecule has 25 heavy (non-hydrogen) atoms. The fourth-order valence-corrected chi connectivity index (χ4v) is 3.61. The maximum Gasteiger partial charge on any atom is 0.346 e. The van der Waals surface area contributed by atoms with E-state index in [0.717, 1.165) is 21.4 Å². The molecule has 2 amide bonds. The molecule has 1 aromatic rings. The van der Waals surface area contributed by atoms with Crippen LogP contribution in [0.5, 0.6) is 0 Å². The van der Waals surface area contributed by atoms with Crippen molar-refractivity contribution in [3.63, 3.8) is 0 Å². The summed E-state index contributed by atoms with van der Waals surface area (Å²) < 4.78 is -1.14. The van der Waals surface area contributed by atoms with Crippen molar-refractivity contribution in [1.82, 2.24) is 10.2 Å². The molecule has 1 aromatic carbocycles. The summed E-state index contributed by atoms with van der Waals surface area (Å²) in [5.74, 6) is -2.22. The van der Waals surface area contributed by atoms with Gasteiger partial charge in [-0.25, -0.2) is 4.79 Å². The first-order chi connectivity index (χ1) is 11.6. The van der Waals surface area contributed by atoms with Crippen LogP contribution >= 0.6 is 33.3 Å². The summed E-state index contributed by atoms with van der Waals surface area (Å²) in [6.07, 6.45) is 0.137. The van der Waals surface area contributed by atoms with Gasteiger partial charge in [0.1, 0.15) is 6.04 Å². The normalized spacial score (nSPS) is 19.8. The second-order valence-corrected chi connectivity index (χ2v) is 8.43. The first-order valence-electron chi connectivity index (χ1n) is 7.50. The molecule has 0 radical (unpaired) electrons. The van der Waals surface area contributed by atoms with Crippen LogP contribution in [0.3, 0.4) is 0 Å². The van der Waals surface area contributed by atoms with Crippen LogP contribution in [-0.2, 0) is 20.8 Å². The molecule has 2 N–H and O–H groups in total. The van der Waals surface area contributed by atoms with Gasteiger partial charge in [0, 0.05) is 0 Å². The van der Waals surface area contributed by atoms with E-state index in [9.17, 15) is 19.5 Å². The number of carboxylic acids is 1. The average molecular weight is 405 g/mol. The van der Waals surface area contributed by atoms with Gasteiger partial charge in [-0.3, -0.25) is 9.59 Å². The third-order valence-electron chi connectivity index (χ3n) is 4.12. The monoisotopic (exact) mass is 404 g/mol. The summed E-state index contributed by atoms with van der Waals surface area (Å²) in [5, 5.41) is 12.1. The number of amides is 2. The Morgan fingerprint density at radius 2 is 1.96 bits per heavy atom. The van der Waals surface area contributed by atoms with Crippen molar-refractivity contribution in [2.45, 2.75) is 36.1 Å². The van der Waals surface area contributed by atoms with Crippen LogP contribution in [0.25, 0.3) is 0 Å². The second-order valence-electron chi connectivity index (χ2n) is 6.25. The number of aliphatic carboxylic acids is 1. The summed E-state index contributed by atoms with van der Waals surface area (Å²) in [4.78, 5) is 35.1. The second kappa shape index (κ2) is 7.43. The maximum absolute atomic E-state index is 12.4. The molecule has 1 fully saturated rings. The molecule has 6 nitrogen and oxygen atoms in total. The van der Waals surface area contributed by atoms with Gasteiger partial charge in [0.15, 0.2) is 0 Å². The number of nitrogens with one attached hydrogen (secondary N) is 1. The maximum atomic E-state index is 12.4. The molecule has 1 saturated heterocycles. The van der Waals surface area contributed by atoms with Crippen LogP contribution in [0.1, 0.15) is 19.4 Å². The molecule has 136 valence electrons. The molecular formula is C16H18Cl2N2O4S. The lowest BCUT2D eigenvalue weighted by molar-refractivity contribution is -0.164. The Balaban J connectivity index is 2.02. The number of benzene rings is 1. The summed E-state index contributed by atoms with van der Waals surface area (Å²) in [7, 11) is 6.50. The zero-order valence-electron chi connectivity index (χ0n) is 13.7. The zero-order valence-corrected chi connectivity index (χ0v) is 16.0. The highest BCUT2D eigenvalue weighted by Gasteiger charge is 2.61. The Hall–Kier alpha value is -1.44. The van der Waals surface area contributed by atoms with Crippen LogP contribution in [0.15, 0.2) is 30.3 Å². The predicted molar refractivity (Wildman–Crippen MR) is 97.5 cm³/mol. The number of hydrogen-bond donors (Lipinski definition) is 2. The van der Waals surface area contributed by atoms with Crippen LogP contribution < -0.4 is 5.32 Å². The smallest absolute Gasteiger partial charge is 0.346 e. The Kier molecular flexibility index (Phi) is 5.91. The highest BCUT2D eigenvalue weighted by atomic mass is 35.7. The minimum Gasteiger partial charge on any atom is -0.479 e. The molecule has 2 unspecified atom stereocenters. The first kappa shape index (κ1) is 19.9. The average Bonchev–Trinajstić information content (AvgIpc) is 2.57. The molecule has 2 rings (SSSR count). The number of likely N-dealkylation sites (tertiary alicyclic amines) is 1. The van der Waals surface area contributed by atoms with Gasteiger partial charge in [-0.15, -0.1) is 0 Å². The van der Waals surface area contributed by atoms with Gasteiger partial charge in [-0.05, 0) is 41.1 Å². The van der Waals surface area contributed by atoms with E-state index in [2.05, 4.69) is 5.32 Å². The topological polar surface area (TPSA) is 86.7 Å². The van der Waals surface area contributed by atoms with Crippen molar-refractivity contribution in [3.8, 4) is 0 Å². The molecule has 0 spiro atoms. The van der Waals surface area contributed by atoms with Gasteiger partial charge >= 0.3 is 5.97 Å². The minimum absolute atomic E-state index is 0.00996. The highest BCUT2D eigenvalue weighted by molar-refractivity contribution is 8.22. The van der Waals surface area contributed by atoms with Crippen molar-refractivity contribution in [2.75, 3.05) is 6.54 Å². The van der Waals surface area contributed by atoms with Crippen LogP contribution in [-0.4, -0.2) is 50.1 Å². The number of nitrogens with zero attached hydrogens (tertiary/aromatic N) is 1. The molecule has 0 aliphatic carbocycles. The van der Waals surface area contributed by atoms with Crippen molar-refractivity contribution in [2.24, 2.45) is 0 Å². The first-order valence-corrected chi connectivity index (χ1v) is 9.52. The van der Waals surface area contributed by atoms with Crippen molar-refractivity contribution >= 4 is 51.0 Å². The van der Waals surface area contributed by atoms with Gasteiger partial charge in [0.25, 0.3) is 0 Å². The standard InChI is InChI=1S/C16H18Cl2N2O4S/c1-15(2,25-18)16(17,14(23)24)20-9-11(13(20)22)19-12(21)8-10-6-4-3-5-7-10/h3-7,11H,8-9H2,1-2H3,(H,19,21)(H,23,24). The van der Waals surface area contributed by atoms with E-state index in [1.54, 1.807) is 13.8 Å². The fraction of sp³-hybridized carbons (Fsp3) is 0.438. The zero-order chi connectivity index (χ0) is 18.8. The van der Waals surface area contributed by atoms with Crippen LogP contribution in [0.2, 0.25) is 0 Å². The number of rotatable bonds is 7. The number of carboxylic acid groups (broad SMARTS) is 1. The Bertz CT molecular complexity index is 686. The minimum atomic E-state index is -2.00. The lowest BCUT2D eigenvalue weighted by Crippen LogP contribution is -2.75. The van der Waals surface area contributed by atoms with E-state index in [1.807, 2.05) is 30.3 Å². The fourth-order valence-electron chi connectivity index (χ4n) is 2.59. The lowest BCUT2D eigenvalue weighted by Gasteiger charge is -2.51. The Morgan fingerprint density at radius 1 is 1.36 bits per heavy atom. The molecule has 0 bridgehead atoms. The predicted octanol–water partition coefficient (Wildman–Crippen LogP) is 2.24. The summed E-state index contributed by atoms with van der Waals surface area (Å²) in [5.41, 5.74) is 0.820. The van der Waals surface area contributed by atoms with Crippen molar-refractivity contribution in [3.05, 3.63) is 35.9 Å². The molecule has 0 saturated carbocycles. The summed E-state index contributed by atoms with van der Waals surface area (Å²) in [6, 6.07) is 8.31. The number of carbonyl (C=O) groups is 3. The van der Waals surface area contributed by atoms with E-state index < -0.39 is 27.7 Å². The Labute approximate surface area is 159 Å². The van der Waals surface area contributed by atoms with E-state index in [4.69, 9.17) is 22.3 Å². The van der Waals surface area contributed by atoms with E-state index in [0.29, 0.717) is 0 Å². The number of halogens is 2. The van der Waals surface area contributed by atoms with Crippen molar-refractivity contribution in [1.29, 1.82) is 0 Å². The highest BCUT2D eigenvalue weighted by Crippen LogP contribution is 2.46. The molecular weight excluding hydrogens is 387 g/mol. The SMILES string of the molecule is CC(C)(SCl)C(Cl)(C(=O)O)N1CC(NC(=O)Cc2ccccc2)C1=O. The third kappa shape index (κ3) is 3.73. The molecule has 1 aliphatic rings. The third-order valence-corrected chi connectivity index (χ3v) is 6.91.